The first kappa shape index (κ1) is 12.3. The second kappa shape index (κ2) is 4.43. The van der Waals surface area contributed by atoms with E-state index in [1.54, 1.807) is 0 Å². The van der Waals surface area contributed by atoms with E-state index in [0.29, 0.717) is 0 Å². The number of rotatable bonds is 0. The van der Waals surface area contributed by atoms with Crippen LogP contribution >= 0.6 is 11.6 Å². The molecule has 0 aromatic heterocycles. The van der Waals surface area contributed by atoms with E-state index in [9.17, 15) is 0 Å². The molecular weight excluding hydrogens is 246 g/mol. The fraction of sp³-hybridized carbons (Fsp3) is 0.600. The molecule has 1 fully saturated rings. The van der Waals surface area contributed by atoms with Gasteiger partial charge in [0.15, 0.2) is 0 Å². The highest BCUT2D eigenvalue weighted by molar-refractivity contribution is 6.30. The van der Waals surface area contributed by atoms with Crippen LogP contribution in [0.3, 0.4) is 0 Å². The molecule has 1 saturated carbocycles. The first-order valence-electron chi connectivity index (χ1n) is 6.82. The van der Waals surface area contributed by atoms with Gasteiger partial charge in [0, 0.05) is 23.0 Å². The summed E-state index contributed by atoms with van der Waals surface area (Å²) in [6, 6.07) is 5.86. The molecule has 1 aromatic rings. The molecule has 1 heterocycles. The van der Waals surface area contributed by atoms with Gasteiger partial charge in [-0.3, -0.25) is 0 Å². The maximum absolute atomic E-state index is 6.32. The van der Waals surface area contributed by atoms with E-state index in [4.69, 9.17) is 22.1 Å². The van der Waals surface area contributed by atoms with Gasteiger partial charge in [0.25, 0.3) is 0 Å². The molecule has 2 N–H and O–H groups in total. The third-order valence-corrected chi connectivity index (χ3v) is 4.71. The summed E-state index contributed by atoms with van der Waals surface area (Å²) in [5, 5.41) is 0.737. The third-order valence-electron chi connectivity index (χ3n) is 4.48. The zero-order chi connectivity index (χ0) is 12.8. The van der Waals surface area contributed by atoms with E-state index in [1.807, 2.05) is 18.2 Å². The Morgan fingerprint density at radius 3 is 2.78 bits per heavy atom. The fourth-order valence-electron chi connectivity index (χ4n) is 3.28. The first-order chi connectivity index (χ1) is 8.58. The van der Waals surface area contributed by atoms with Gasteiger partial charge in [-0.15, -0.1) is 0 Å². The summed E-state index contributed by atoms with van der Waals surface area (Å²) in [6.07, 6.45) is 5.67. The zero-order valence-electron chi connectivity index (χ0n) is 10.8. The second-order valence-electron chi connectivity index (χ2n) is 5.96. The van der Waals surface area contributed by atoms with Gasteiger partial charge >= 0.3 is 0 Å². The van der Waals surface area contributed by atoms with Crippen LogP contribution in [0.4, 0.5) is 0 Å². The summed E-state index contributed by atoms with van der Waals surface area (Å²) < 4.78 is 6.30. The van der Waals surface area contributed by atoms with Crippen molar-refractivity contribution in [1.82, 2.24) is 0 Å². The van der Waals surface area contributed by atoms with Crippen LogP contribution in [-0.2, 0) is 0 Å². The normalized spacial score (nSPS) is 35.1. The molecule has 0 radical (unpaired) electrons. The van der Waals surface area contributed by atoms with Crippen LogP contribution in [-0.4, -0.2) is 5.60 Å². The maximum atomic E-state index is 6.32. The van der Waals surface area contributed by atoms with Gasteiger partial charge in [-0.05, 0) is 49.8 Å². The Balaban J connectivity index is 1.89. The molecule has 0 bridgehead atoms. The molecule has 0 amide bonds. The van der Waals surface area contributed by atoms with Crippen molar-refractivity contribution in [3.8, 4) is 5.75 Å². The largest absolute Gasteiger partial charge is 0.487 e. The minimum atomic E-state index is -0.0211. The summed E-state index contributed by atoms with van der Waals surface area (Å²) >= 11 is 6.03. The highest BCUT2D eigenvalue weighted by atomic mass is 35.5. The van der Waals surface area contributed by atoms with E-state index in [1.165, 1.54) is 12.8 Å². The highest BCUT2D eigenvalue weighted by Gasteiger charge is 2.41. The molecule has 3 heteroatoms. The third kappa shape index (κ3) is 2.12. The molecule has 1 unspecified atom stereocenters. The summed E-state index contributed by atoms with van der Waals surface area (Å²) in [6.45, 7) is 2.32. The van der Waals surface area contributed by atoms with Crippen LogP contribution < -0.4 is 10.5 Å². The van der Waals surface area contributed by atoms with Crippen LogP contribution in [0.5, 0.6) is 5.75 Å². The Bertz CT molecular complexity index is 452. The van der Waals surface area contributed by atoms with Crippen molar-refractivity contribution < 1.29 is 4.74 Å². The maximum Gasteiger partial charge on any atom is 0.125 e. The van der Waals surface area contributed by atoms with Gasteiger partial charge in [0.2, 0.25) is 0 Å². The van der Waals surface area contributed by atoms with E-state index in [2.05, 4.69) is 6.92 Å². The van der Waals surface area contributed by atoms with Crippen LogP contribution in [0.15, 0.2) is 18.2 Å². The van der Waals surface area contributed by atoms with E-state index in [-0.39, 0.29) is 11.6 Å². The molecule has 0 saturated heterocycles. The van der Waals surface area contributed by atoms with Crippen molar-refractivity contribution in [3.63, 3.8) is 0 Å². The number of fused-ring (bicyclic) bond motifs is 1. The Morgan fingerprint density at radius 2 is 2.06 bits per heavy atom. The average Bonchev–Trinajstić information content (AvgIpc) is 2.35. The molecule has 98 valence electrons. The van der Waals surface area contributed by atoms with Crippen LogP contribution in [0.25, 0.3) is 0 Å². The molecule has 3 rings (SSSR count). The Labute approximate surface area is 113 Å². The van der Waals surface area contributed by atoms with Crippen molar-refractivity contribution in [2.45, 2.75) is 50.7 Å². The second-order valence-corrected chi connectivity index (χ2v) is 6.40. The molecule has 1 aliphatic carbocycles. The predicted molar refractivity (Wildman–Crippen MR) is 74.0 cm³/mol. The van der Waals surface area contributed by atoms with E-state index < -0.39 is 0 Å². The summed E-state index contributed by atoms with van der Waals surface area (Å²) in [7, 11) is 0. The number of benzene rings is 1. The fourth-order valence-corrected chi connectivity index (χ4v) is 3.46. The number of nitrogens with two attached hydrogens (primary N) is 1. The number of hydrogen-bond acceptors (Lipinski definition) is 2. The van der Waals surface area contributed by atoms with Gasteiger partial charge in [0.1, 0.15) is 11.4 Å². The number of hydrogen-bond donors (Lipinski definition) is 1. The average molecular weight is 266 g/mol. The van der Waals surface area contributed by atoms with Crippen LogP contribution in [0.2, 0.25) is 5.02 Å². The van der Waals surface area contributed by atoms with Gasteiger partial charge in [-0.25, -0.2) is 0 Å². The monoisotopic (exact) mass is 265 g/mol. The molecule has 1 aliphatic heterocycles. The van der Waals surface area contributed by atoms with Crippen LogP contribution in [0, 0.1) is 5.92 Å². The van der Waals surface area contributed by atoms with Gasteiger partial charge in [-0.1, -0.05) is 18.5 Å². The number of ether oxygens (including phenoxy) is 1. The minimum absolute atomic E-state index is 0.0211. The smallest absolute Gasteiger partial charge is 0.125 e. The lowest BCUT2D eigenvalue weighted by atomic mass is 9.74. The molecule has 2 aliphatic rings. The molecule has 1 atom stereocenters. The van der Waals surface area contributed by atoms with Gasteiger partial charge in [0.05, 0.1) is 0 Å². The summed E-state index contributed by atoms with van der Waals surface area (Å²) in [5.74, 6) is 1.76. The van der Waals surface area contributed by atoms with Crippen molar-refractivity contribution >= 4 is 11.6 Å². The SMILES string of the molecule is CC1CCC2(CC1)CC(N)c1cc(Cl)ccc1O2. The van der Waals surface area contributed by atoms with E-state index in [0.717, 1.165) is 41.5 Å². The summed E-state index contributed by atoms with van der Waals surface area (Å²) in [4.78, 5) is 0. The molecule has 1 aromatic carbocycles. The predicted octanol–water partition coefficient (Wildman–Crippen LogP) is 4.07. The Kier molecular flexibility index (Phi) is 3.03. The lowest BCUT2D eigenvalue weighted by Crippen LogP contribution is -2.45. The molecular formula is C15H20ClNO. The molecule has 18 heavy (non-hydrogen) atoms. The molecule has 2 nitrogen and oxygen atoms in total. The van der Waals surface area contributed by atoms with Crippen LogP contribution in [0.1, 0.15) is 50.6 Å². The topological polar surface area (TPSA) is 35.2 Å². The minimum Gasteiger partial charge on any atom is -0.487 e. The van der Waals surface area contributed by atoms with Crippen molar-refractivity contribution in [2.75, 3.05) is 0 Å². The van der Waals surface area contributed by atoms with Crippen molar-refractivity contribution in [3.05, 3.63) is 28.8 Å². The summed E-state index contributed by atoms with van der Waals surface area (Å²) in [5.41, 5.74) is 7.36. The zero-order valence-corrected chi connectivity index (χ0v) is 11.5. The lowest BCUT2D eigenvalue weighted by molar-refractivity contribution is -0.00851. The van der Waals surface area contributed by atoms with Crippen molar-refractivity contribution in [1.29, 1.82) is 0 Å². The highest BCUT2D eigenvalue weighted by Crippen LogP contribution is 2.46. The Hall–Kier alpha value is -0.730. The first-order valence-corrected chi connectivity index (χ1v) is 7.20. The van der Waals surface area contributed by atoms with E-state index >= 15 is 0 Å². The van der Waals surface area contributed by atoms with Gasteiger partial charge in [-0.2, -0.15) is 0 Å². The van der Waals surface area contributed by atoms with Gasteiger partial charge < -0.3 is 10.5 Å². The standard InChI is InChI=1S/C15H20ClNO/c1-10-4-6-15(7-5-10)9-13(17)12-8-11(16)2-3-14(12)18-15/h2-3,8,10,13H,4-7,9,17H2,1H3. The van der Waals surface area contributed by atoms with Crippen molar-refractivity contribution in [2.24, 2.45) is 11.7 Å². The quantitative estimate of drug-likeness (QED) is 0.767. The number of halogens is 1. The Morgan fingerprint density at radius 1 is 1.33 bits per heavy atom. The molecule has 1 spiro atoms. The lowest BCUT2D eigenvalue weighted by Gasteiger charge is -2.45.